The molecule has 0 spiro atoms. The Morgan fingerprint density at radius 2 is 1.78 bits per heavy atom. The number of piperidine rings is 1. The molecule has 6 atom stereocenters. The van der Waals surface area contributed by atoms with Crippen molar-refractivity contribution in [3.63, 3.8) is 0 Å². The van der Waals surface area contributed by atoms with Gasteiger partial charge in [-0.2, -0.15) is 13.2 Å². The molecule has 5 amide bonds. The number of amides is 5. The van der Waals surface area contributed by atoms with Crippen LogP contribution in [0.5, 0.6) is 5.75 Å². The first-order valence-electron chi connectivity index (χ1n) is 13.2. The van der Waals surface area contributed by atoms with Gasteiger partial charge in [-0.05, 0) is 34.8 Å². The molecular weight excluding hydrogens is 547 g/mol. The molecule has 1 saturated carbocycles. The summed E-state index contributed by atoms with van der Waals surface area (Å²) in [5, 5.41) is 6.99. The van der Waals surface area contributed by atoms with Crippen LogP contribution in [0.1, 0.15) is 41.0 Å². The van der Waals surface area contributed by atoms with Crippen molar-refractivity contribution in [3.05, 3.63) is 24.3 Å². The Bertz CT molecular complexity index is 1280. The Labute approximate surface area is 234 Å². The van der Waals surface area contributed by atoms with Crippen LogP contribution in [0.25, 0.3) is 0 Å². The molecule has 2 aliphatic heterocycles. The topological polar surface area (TPSA) is 160 Å². The highest BCUT2D eigenvalue weighted by Crippen LogP contribution is 2.65. The quantitative estimate of drug-likeness (QED) is 0.380. The SMILES string of the molecule is CC(C)(C)[C@H](NC(=O)C(F)(F)F)C(=O)N1C[C@H]2[C@@H]([C@H]1C(=O)N[C@@H](C[C@@H]1Oc3ccccc3NC1=O)C(N)=O)C2(C)C. The van der Waals surface area contributed by atoms with Gasteiger partial charge in [-0.15, -0.1) is 0 Å². The fraction of sp³-hybridized carbons (Fsp3) is 0.593. The number of anilines is 1. The summed E-state index contributed by atoms with van der Waals surface area (Å²) in [6, 6.07) is 2.58. The maximum absolute atomic E-state index is 13.7. The Morgan fingerprint density at radius 1 is 1.15 bits per heavy atom. The summed E-state index contributed by atoms with van der Waals surface area (Å²) in [6.45, 7) is 8.38. The number of fused-ring (bicyclic) bond motifs is 2. The van der Waals surface area contributed by atoms with Crippen LogP contribution in [-0.4, -0.2) is 71.4 Å². The number of ether oxygens (including phenoxy) is 1. The van der Waals surface area contributed by atoms with Crippen LogP contribution in [0.15, 0.2) is 24.3 Å². The minimum atomic E-state index is -5.21. The number of nitrogens with zero attached hydrogens (tertiary/aromatic N) is 1. The number of likely N-dealkylation sites (tertiary alicyclic amines) is 1. The Hall–Kier alpha value is -3.84. The highest BCUT2D eigenvalue weighted by molar-refractivity contribution is 5.99. The van der Waals surface area contributed by atoms with Gasteiger partial charge in [0.15, 0.2) is 6.10 Å². The average molecular weight is 582 g/mol. The first-order valence-corrected chi connectivity index (χ1v) is 13.2. The summed E-state index contributed by atoms with van der Waals surface area (Å²) in [5.74, 6) is -5.45. The van der Waals surface area contributed by atoms with Gasteiger partial charge >= 0.3 is 12.1 Å². The van der Waals surface area contributed by atoms with E-state index < -0.39 is 65.4 Å². The molecule has 224 valence electrons. The molecule has 0 aromatic heterocycles. The summed E-state index contributed by atoms with van der Waals surface area (Å²) < 4.78 is 44.9. The van der Waals surface area contributed by atoms with E-state index in [4.69, 9.17) is 10.5 Å². The van der Waals surface area contributed by atoms with Crippen molar-refractivity contribution >= 4 is 35.2 Å². The lowest BCUT2D eigenvalue weighted by atomic mass is 9.85. The number of halogens is 3. The van der Waals surface area contributed by atoms with Gasteiger partial charge < -0.3 is 31.3 Å². The third kappa shape index (κ3) is 5.82. The molecule has 0 bridgehead atoms. The molecule has 3 aliphatic rings. The smallest absolute Gasteiger partial charge is 0.471 e. The summed E-state index contributed by atoms with van der Waals surface area (Å²) in [5.41, 5.74) is 4.52. The van der Waals surface area contributed by atoms with Gasteiger partial charge in [0.25, 0.3) is 5.91 Å². The van der Waals surface area contributed by atoms with E-state index in [9.17, 15) is 37.1 Å². The van der Waals surface area contributed by atoms with Crippen molar-refractivity contribution < 1.29 is 41.9 Å². The van der Waals surface area contributed by atoms with Crippen molar-refractivity contribution in [1.82, 2.24) is 15.5 Å². The lowest BCUT2D eigenvalue weighted by Crippen LogP contribution is -2.61. The first-order chi connectivity index (χ1) is 18.8. The maximum atomic E-state index is 13.7. The van der Waals surface area contributed by atoms with Crippen LogP contribution >= 0.6 is 0 Å². The van der Waals surface area contributed by atoms with E-state index >= 15 is 0 Å². The second-order valence-corrected chi connectivity index (χ2v) is 12.5. The molecule has 11 nitrogen and oxygen atoms in total. The van der Waals surface area contributed by atoms with E-state index in [0.717, 1.165) is 0 Å². The normalized spacial score (nSPS) is 26.0. The predicted octanol–water partition coefficient (Wildman–Crippen LogP) is 1.32. The van der Waals surface area contributed by atoms with Crippen molar-refractivity contribution in [2.45, 2.75) is 71.4 Å². The van der Waals surface area contributed by atoms with E-state index in [0.29, 0.717) is 11.4 Å². The van der Waals surface area contributed by atoms with Gasteiger partial charge in [0.1, 0.15) is 23.9 Å². The van der Waals surface area contributed by atoms with Crippen LogP contribution in [0, 0.1) is 22.7 Å². The molecule has 2 heterocycles. The molecule has 4 rings (SSSR count). The minimum absolute atomic E-state index is 0.0786. The Balaban J connectivity index is 1.54. The van der Waals surface area contributed by atoms with Crippen molar-refractivity contribution in [2.24, 2.45) is 28.4 Å². The van der Waals surface area contributed by atoms with E-state index in [1.54, 1.807) is 29.6 Å². The number of carbonyl (C=O) groups excluding carboxylic acids is 5. The van der Waals surface area contributed by atoms with Gasteiger partial charge in [0.05, 0.1) is 5.69 Å². The van der Waals surface area contributed by atoms with Crippen LogP contribution < -0.4 is 26.4 Å². The highest BCUT2D eigenvalue weighted by Gasteiger charge is 2.70. The second-order valence-electron chi connectivity index (χ2n) is 12.5. The van der Waals surface area contributed by atoms with Crippen molar-refractivity contribution in [3.8, 4) is 5.75 Å². The first kappa shape index (κ1) is 30.1. The molecule has 0 unspecified atom stereocenters. The molecule has 0 radical (unpaired) electrons. The number of nitrogens with one attached hydrogen (secondary N) is 3. The lowest BCUT2D eigenvalue weighted by Gasteiger charge is -2.38. The van der Waals surface area contributed by atoms with Gasteiger partial charge in [-0.25, -0.2) is 0 Å². The highest BCUT2D eigenvalue weighted by atomic mass is 19.4. The van der Waals surface area contributed by atoms with Crippen molar-refractivity contribution in [1.29, 1.82) is 0 Å². The third-order valence-electron chi connectivity index (χ3n) is 8.22. The van der Waals surface area contributed by atoms with Crippen LogP contribution in [-0.2, 0) is 24.0 Å². The van der Waals surface area contributed by atoms with E-state index in [1.807, 2.05) is 13.8 Å². The number of carbonyl (C=O) groups is 5. The predicted molar refractivity (Wildman–Crippen MR) is 139 cm³/mol. The second kappa shape index (κ2) is 10.2. The van der Waals surface area contributed by atoms with Gasteiger partial charge in [-0.1, -0.05) is 46.8 Å². The zero-order valence-electron chi connectivity index (χ0n) is 23.3. The zero-order valence-corrected chi connectivity index (χ0v) is 23.3. The number of hydrogen-bond acceptors (Lipinski definition) is 6. The average Bonchev–Trinajstić information content (AvgIpc) is 3.18. The molecule has 14 heteroatoms. The molecule has 1 saturated heterocycles. The fourth-order valence-corrected chi connectivity index (χ4v) is 5.81. The number of rotatable bonds is 7. The number of alkyl halides is 3. The van der Waals surface area contributed by atoms with E-state index in [2.05, 4.69) is 10.6 Å². The number of para-hydroxylation sites is 2. The molecule has 5 N–H and O–H groups in total. The summed E-state index contributed by atoms with van der Waals surface area (Å²) in [6.07, 6.45) is -6.67. The Morgan fingerprint density at radius 3 is 2.37 bits per heavy atom. The summed E-state index contributed by atoms with van der Waals surface area (Å²) in [4.78, 5) is 65.2. The number of benzene rings is 1. The van der Waals surface area contributed by atoms with Crippen molar-refractivity contribution in [2.75, 3.05) is 11.9 Å². The molecule has 41 heavy (non-hydrogen) atoms. The largest absolute Gasteiger partial charge is 0.478 e. The molecule has 1 aliphatic carbocycles. The molecule has 1 aromatic rings. The Kier molecular flexibility index (Phi) is 7.50. The monoisotopic (exact) mass is 581 g/mol. The maximum Gasteiger partial charge on any atom is 0.471 e. The van der Waals surface area contributed by atoms with E-state index in [1.165, 1.54) is 25.7 Å². The van der Waals surface area contributed by atoms with E-state index in [-0.39, 0.29) is 30.2 Å². The van der Waals surface area contributed by atoms with Gasteiger partial charge in [0.2, 0.25) is 17.7 Å². The number of nitrogens with two attached hydrogens (primary N) is 1. The molecule has 1 aromatic carbocycles. The zero-order chi connectivity index (χ0) is 30.7. The van der Waals surface area contributed by atoms with Crippen LogP contribution in [0.4, 0.5) is 18.9 Å². The minimum Gasteiger partial charge on any atom is -0.478 e. The molecular formula is C27H34F3N5O6. The number of hydrogen-bond donors (Lipinski definition) is 4. The standard InChI is InChI=1S/C27H34F3N5O6/c1-25(2,3)19(34-24(40)27(28,29)30)23(39)35-11-12-17(26(12,4)5)18(35)22(38)33-14(20(31)36)10-16-21(37)32-13-8-6-7-9-15(13)41-16/h6-9,12,14,16-19H,10-11H2,1-5H3,(H2,31,36)(H,32,37)(H,33,38)(H,34,40)/t12-,14-,16-,17-,18-,19+/m0/s1. The fourth-order valence-electron chi connectivity index (χ4n) is 5.81. The van der Waals surface area contributed by atoms with Crippen LogP contribution in [0.3, 0.4) is 0 Å². The lowest BCUT2D eigenvalue weighted by molar-refractivity contribution is -0.176. The summed E-state index contributed by atoms with van der Waals surface area (Å²) >= 11 is 0. The van der Waals surface area contributed by atoms with Gasteiger partial charge in [0, 0.05) is 13.0 Å². The third-order valence-corrected chi connectivity index (χ3v) is 8.22. The van der Waals surface area contributed by atoms with Gasteiger partial charge in [-0.3, -0.25) is 24.0 Å². The summed E-state index contributed by atoms with van der Waals surface area (Å²) in [7, 11) is 0. The number of primary amides is 1. The molecule has 2 fully saturated rings. The van der Waals surface area contributed by atoms with Crippen LogP contribution in [0.2, 0.25) is 0 Å².